The van der Waals surface area contributed by atoms with Gasteiger partial charge in [0.2, 0.25) is 0 Å². The molecule has 0 aliphatic carbocycles. The maximum Gasteiger partial charge on any atom is 0.154 e. The molecule has 0 amide bonds. The number of hydrogen-bond acceptors (Lipinski definition) is 5. The lowest BCUT2D eigenvalue weighted by atomic mass is 9.95. The van der Waals surface area contributed by atoms with Crippen LogP contribution in [-0.4, -0.2) is 28.4 Å². The molecule has 2 heterocycles. The summed E-state index contributed by atoms with van der Waals surface area (Å²) < 4.78 is 49.4. The molecule has 2 atom stereocenters. The number of aromatic nitrogens is 1. The van der Waals surface area contributed by atoms with E-state index in [9.17, 15) is 13.0 Å². The van der Waals surface area contributed by atoms with Gasteiger partial charge in [-0.05, 0) is 30.7 Å². The Hall–Kier alpha value is -2.04. The topological polar surface area (TPSA) is 63.2 Å². The number of ether oxygens (including phenoxy) is 1. The Bertz CT molecular complexity index is 1180. The van der Waals surface area contributed by atoms with Crippen molar-refractivity contribution < 1.29 is 17.7 Å². The summed E-state index contributed by atoms with van der Waals surface area (Å²) in [5, 5.41) is 5.10. The third-order valence-corrected chi connectivity index (χ3v) is 7.13. The van der Waals surface area contributed by atoms with Crippen LogP contribution < -0.4 is 14.8 Å². The second kappa shape index (κ2) is 10.3. The van der Waals surface area contributed by atoms with Crippen molar-refractivity contribution in [1.82, 2.24) is 10.3 Å². The number of nitrogens with zero attached hydrogens (tertiary/aromatic N) is 1. The van der Waals surface area contributed by atoms with Gasteiger partial charge >= 0.3 is 0 Å². The zero-order valence-corrected chi connectivity index (χ0v) is 19.6. The molecule has 11 heteroatoms. The second-order valence-electron chi connectivity index (χ2n) is 6.82. The van der Waals surface area contributed by atoms with Crippen molar-refractivity contribution in [3.05, 3.63) is 74.5 Å². The number of thiazole rings is 1. The first-order chi connectivity index (χ1) is 15.4. The van der Waals surface area contributed by atoms with Gasteiger partial charge in [0.15, 0.2) is 11.0 Å². The van der Waals surface area contributed by atoms with Gasteiger partial charge in [-0.2, -0.15) is 0 Å². The quantitative estimate of drug-likeness (QED) is 0.424. The molecule has 5 nitrogen and oxygen atoms in total. The summed E-state index contributed by atoms with van der Waals surface area (Å²) in [5.41, 5.74) is 2.94. The Morgan fingerprint density at radius 3 is 2.91 bits per heavy atom. The predicted octanol–water partition coefficient (Wildman–Crippen LogP) is 5.69. The number of anilines is 1. The fourth-order valence-corrected chi connectivity index (χ4v) is 5.21. The molecule has 168 valence electrons. The van der Waals surface area contributed by atoms with Crippen molar-refractivity contribution in [1.29, 1.82) is 0 Å². The number of benzene rings is 2. The summed E-state index contributed by atoms with van der Waals surface area (Å²) in [6, 6.07) is 6.68. The van der Waals surface area contributed by atoms with Gasteiger partial charge in [0.25, 0.3) is 0 Å². The van der Waals surface area contributed by atoms with Crippen LogP contribution in [0.3, 0.4) is 0 Å². The van der Waals surface area contributed by atoms with Gasteiger partial charge in [-0.1, -0.05) is 41.4 Å². The Balaban J connectivity index is 1.50. The molecular weight excluding hydrogens is 499 g/mol. The van der Waals surface area contributed by atoms with Crippen LogP contribution in [0.2, 0.25) is 10.0 Å². The summed E-state index contributed by atoms with van der Waals surface area (Å²) in [6.07, 6.45) is 2.73. The monoisotopic (exact) mass is 515 g/mol. The highest BCUT2D eigenvalue weighted by Gasteiger charge is 2.23. The highest BCUT2D eigenvalue weighted by Crippen LogP contribution is 2.33. The molecule has 1 aliphatic rings. The molecule has 0 bridgehead atoms. The number of hydrogen-bond donors (Lipinski definition) is 2. The van der Waals surface area contributed by atoms with Gasteiger partial charge in [0.05, 0.1) is 26.5 Å². The Kier molecular flexibility index (Phi) is 7.42. The van der Waals surface area contributed by atoms with Gasteiger partial charge in [0, 0.05) is 17.0 Å². The maximum absolute atomic E-state index is 14.6. The fraction of sp³-hybridized carbons (Fsp3) is 0.190. The molecule has 2 unspecified atom stereocenters. The van der Waals surface area contributed by atoms with Crippen LogP contribution in [0.4, 0.5) is 14.6 Å². The van der Waals surface area contributed by atoms with Crippen LogP contribution in [0.1, 0.15) is 12.0 Å². The normalized spacial score (nSPS) is 17.0. The van der Waals surface area contributed by atoms with Crippen molar-refractivity contribution in [3.63, 3.8) is 0 Å². The van der Waals surface area contributed by atoms with Gasteiger partial charge in [-0.15, -0.1) is 11.3 Å². The molecule has 32 heavy (non-hydrogen) atoms. The maximum atomic E-state index is 14.6. The summed E-state index contributed by atoms with van der Waals surface area (Å²) in [7, 11) is -1.88. The van der Waals surface area contributed by atoms with Gasteiger partial charge in [-0.3, -0.25) is 4.72 Å². The lowest BCUT2D eigenvalue weighted by Gasteiger charge is -2.27. The molecular formula is C21H17Cl2F2N3O2S2. The van der Waals surface area contributed by atoms with E-state index in [-0.39, 0.29) is 33.3 Å². The molecule has 0 saturated carbocycles. The fourth-order valence-electron chi connectivity index (χ4n) is 3.26. The van der Waals surface area contributed by atoms with E-state index >= 15 is 0 Å². The van der Waals surface area contributed by atoms with Gasteiger partial charge in [-0.25, -0.2) is 18.0 Å². The number of rotatable bonds is 7. The zero-order valence-electron chi connectivity index (χ0n) is 16.4. The Morgan fingerprint density at radius 2 is 2.12 bits per heavy atom. The average Bonchev–Trinajstić information content (AvgIpc) is 3.29. The Morgan fingerprint density at radius 1 is 1.28 bits per heavy atom. The highest BCUT2D eigenvalue weighted by atomic mass is 35.5. The molecule has 2 N–H and O–H groups in total. The molecule has 2 aromatic carbocycles. The minimum atomic E-state index is -1.88. The van der Waals surface area contributed by atoms with Crippen LogP contribution in [0.15, 0.2) is 52.2 Å². The van der Waals surface area contributed by atoms with E-state index < -0.39 is 22.6 Å². The van der Waals surface area contributed by atoms with Crippen molar-refractivity contribution in [2.75, 3.05) is 17.9 Å². The molecule has 3 aromatic rings. The third kappa shape index (κ3) is 5.13. The predicted molar refractivity (Wildman–Crippen MR) is 125 cm³/mol. The molecule has 0 radical (unpaired) electrons. The standard InChI is InChI=1S/C21H17Cl2F2N3O2S2/c22-14-7-19(32(29)28-20-10-31-11-27-20)16(25)8-18(14)30-9-17-12(4-2-6-26-17)13-3-1-5-15(24)21(13)23/h1,3-5,7-8,10-11,17,26,28H,2,6,9H2. The minimum absolute atomic E-state index is 0.0379. The SMILES string of the molecule is O=S(Nc1cscn1)c1cc(Cl)c(OCC2NCCC=C2c2cccc(F)c2Cl)cc1F. The van der Waals surface area contributed by atoms with E-state index in [0.717, 1.165) is 18.1 Å². The van der Waals surface area contributed by atoms with Crippen molar-refractivity contribution in [3.8, 4) is 5.75 Å². The van der Waals surface area contributed by atoms with E-state index in [4.69, 9.17) is 27.9 Å². The third-order valence-electron chi connectivity index (χ3n) is 4.76. The van der Waals surface area contributed by atoms with Crippen LogP contribution in [0.5, 0.6) is 5.75 Å². The lowest BCUT2D eigenvalue weighted by Crippen LogP contribution is -2.39. The van der Waals surface area contributed by atoms with Crippen molar-refractivity contribution in [2.45, 2.75) is 17.4 Å². The van der Waals surface area contributed by atoms with E-state index in [1.807, 2.05) is 6.08 Å². The molecule has 0 fully saturated rings. The summed E-state index contributed by atoms with van der Waals surface area (Å²) in [5.74, 6) is -0.750. The number of nitrogens with one attached hydrogen (secondary N) is 2. The molecule has 0 saturated heterocycles. The van der Waals surface area contributed by atoms with Crippen LogP contribution >= 0.6 is 34.5 Å². The molecule has 4 rings (SSSR count). The smallest absolute Gasteiger partial charge is 0.154 e. The van der Waals surface area contributed by atoms with Gasteiger partial charge in [0.1, 0.15) is 29.8 Å². The first-order valence-electron chi connectivity index (χ1n) is 9.50. The Labute approximate surface area is 200 Å². The average molecular weight is 516 g/mol. The second-order valence-corrected chi connectivity index (χ2v) is 9.51. The van der Waals surface area contributed by atoms with Gasteiger partial charge < -0.3 is 10.1 Å². The zero-order chi connectivity index (χ0) is 22.7. The van der Waals surface area contributed by atoms with Crippen LogP contribution in [0, 0.1) is 11.6 Å². The summed E-state index contributed by atoms with van der Waals surface area (Å²) in [6.45, 7) is 0.810. The largest absolute Gasteiger partial charge is 0.490 e. The van der Waals surface area contributed by atoms with E-state index in [1.165, 1.54) is 23.5 Å². The first kappa shape index (κ1) is 23.1. The van der Waals surface area contributed by atoms with Crippen LogP contribution in [-0.2, 0) is 11.0 Å². The summed E-state index contributed by atoms with van der Waals surface area (Å²) >= 11 is 13.7. The minimum Gasteiger partial charge on any atom is -0.490 e. The number of halogens is 4. The van der Waals surface area contributed by atoms with E-state index in [1.54, 1.807) is 23.0 Å². The lowest BCUT2D eigenvalue weighted by molar-refractivity contribution is 0.287. The van der Waals surface area contributed by atoms with Crippen LogP contribution in [0.25, 0.3) is 5.57 Å². The van der Waals surface area contributed by atoms with E-state index in [2.05, 4.69) is 15.0 Å². The van der Waals surface area contributed by atoms with Crippen molar-refractivity contribution in [2.24, 2.45) is 0 Å². The highest BCUT2D eigenvalue weighted by molar-refractivity contribution is 7.86. The molecule has 1 aromatic heterocycles. The first-order valence-corrected chi connectivity index (χ1v) is 12.3. The molecule has 0 spiro atoms. The van der Waals surface area contributed by atoms with E-state index in [0.29, 0.717) is 17.9 Å². The van der Waals surface area contributed by atoms with Crippen molar-refractivity contribution >= 4 is 56.9 Å². The summed E-state index contributed by atoms with van der Waals surface area (Å²) in [4.78, 5) is 3.85. The molecule has 1 aliphatic heterocycles.